The van der Waals surface area contributed by atoms with Crippen LogP contribution in [-0.2, 0) is 16.0 Å². The van der Waals surface area contributed by atoms with Crippen molar-refractivity contribution in [1.29, 1.82) is 0 Å². The third kappa shape index (κ3) is 9.07. The summed E-state index contributed by atoms with van der Waals surface area (Å²) in [6.07, 6.45) is 8.80. The number of amides is 2. The Morgan fingerprint density at radius 3 is 2.44 bits per heavy atom. The molecule has 1 atom stereocenters. The number of ether oxygens (including phenoxy) is 1. The fourth-order valence-electron chi connectivity index (χ4n) is 3.91. The summed E-state index contributed by atoms with van der Waals surface area (Å²) >= 11 is 1.28. The Morgan fingerprint density at radius 1 is 0.944 bits per heavy atom. The van der Waals surface area contributed by atoms with E-state index in [1.54, 1.807) is 7.11 Å². The lowest BCUT2D eigenvalue weighted by Crippen LogP contribution is -2.45. The minimum atomic E-state index is -0.700. The van der Waals surface area contributed by atoms with Crippen molar-refractivity contribution in [3.05, 3.63) is 60.2 Å². The molecule has 0 unspecified atom stereocenters. The molecule has 1 aromatic heterocycles. The van der Waals surface area contributed by atoms with Gasteiger partial charge in [-0.2, -0.15) is 0 Å². The Bertz CT molecular complexity index is 1090. The summed E-state index contributed by atoms with van der Waals surface area (Å²) in [7, 11) is 1.61. The average Bonchev–Trinajstić information content (AvgIpc) is 3.37. The Morgan fingerprint density at radius 2 is 1.69 bits per heavy atom. The second-order valence-corrected chi connectivity index (χ2v) is 9.79. The Hall–Kier alpha value is -3.26. The predicted molar refractivity (Wildman–Crippen MR) is 145 cm³/mol. The Labute approximate surface area is 217 Å². The molecule has 0 spiro atoms. The number of methoxy groups -OCH3 is 1. The van der Waals surface area contributed by atoms with Gasteiger partial charge in [0.15, 0.2) is 0 Å². The van der Waals surface area contributed by atoms with Gasteiger partial charge in [-0.05, 0) is 24.1 Å². The van der Waals surface area contributed by atoms with Crippen LogP contribution in [-0.4, -0.2) is 35.2 Å². The van der Waals surface area contributed by atoms with E-state index in [9.17, 15) is 9.59 Å². The molecule has 0 saturated carbocycles. The standard InChI is InChI=1S/C28H36N4O3S/c1-3-4-5-6-7-8-12-18-25(33)29-24(19-21-14-10-9-11-15-21)26(34)30-28-32-31-27(36-28)22-16-13-17-23(20-22)35-2/h9-11,13-17,20,24H,3-8,12,18-19H2,1-2H3,(H,29,33)(H,30,32,34)/t24-/m0/s1. The number of hydrogen-bond donors (Lipinski definition) is 2. The van der Waals surface area contributed by atoms with Crippen LogP contribution in [0.25, 0.3) is 10.6 Å². The van der Waals surface area contributed by atoms with Crippen LogP contribution < -0.4 is 15.4 Å². The summed E-state index contributed by atoms with van der Waals surface area (Å²) in [6.45, 7) is 2.21. The van der Waals surface area contributed by atoms with E-state index in [1.165, 1.54) is 37.0 Å². The summed E-state index contributed by atoms with van der Waals surface area (Å²) < 4.78 is 5.28. The molecule has 2 N–H and O–H groups in total. The molecule has 0 radical (unpaired) electrons. The monoisotopic (exact) mass is 508 g/mol. The van der Waals surface area contributed by atoms with Crippen molar-refractivity contribution in [1.82, 2.24) is 15.5 Å². The highest BCUT2D eigenvalue weighted by Gasteiger charge is 2.23. The molecule has 2 amide bonds. The smallest absolute Gasteiger partial charge is 0.249 e. The van der Waals surface area contributed by atoms with Crippen molar-refractivity contribution in [3.8, 4) is 16.3 Å². The summed E-state index contributed by atoms with van der Waals surface area (Å²) in [6, 6.07) is 16.5. The maximum absolute atomic E-state index is 13.2. The van der Waals surface area contributed by atoms with Crippen LogP contribution in [0.1, 0.15) is 63.9 Å². The quantitative estimate of drug-likeness (QED) is 0.245. The van der Waals surface area contributed by atoms with Gasteiger partial charge in [-0.3, -0.25) is 14.9 Å². The molecular formula is C28H36N4O3S. The van der Waals surface area contributed by atoms with E-state index in [-0.39, 0.29) is 11.8 Å². The number of carbonyl (C=O) groups excluding carboxylic acids is 2. The highest BCUT2D eigenvalue weighted by molar-refractivity contribution is 7.18. The molecule has 3 aromatic rings. The number of rotatable bonds is 15. The first-order valence-electron chi connectivity index (χ1n) is 12.7. The molecule has 0 fully saturated rings. The van der Waals surface area contributed by atoms with Crippen molar-refractivity contribution in [2.45, 2.75) is 70.8 Å². The summed E-state index contributed by atoms with van der Waals surface area (Å²) in [4.78, 5) is 25.8. The van der Waals surface area contributed by atoms with Gasteiger partial charge < -0.3 is 10.1 Å². The van der Waals surface area contributed by atoms with E-state index in [0.29, 0.717) is 23.0 Å². The Kier molecular flexibility index (Phi) is 11.4. The first-order chi connectivity index (χ1) is 17.6. The van der Waals surface area contributed by atoms with Crippen molar-refractivity contribution in [3.63, 3.8) is 0 Å². The van der Waals surface area contributed by atoms with Crippen molar-refractivity contribution in [2.75, 3.05) is 12.4 Å². The van der Waals surface area contributed by atoms with Crippen LogP contribution in [0.15, 0.2) is 54.6 Å². The van der Waals surface area contributed by atoms with Gasteiger partial charge in [-0.1, -0.05) is 99.3 Å². The van der Waals surface area contributed by atoms with Crippen LogP contribution in [0.2, 0.25) is 0 Å². The number of anilines is 1. The summed E-state index contributed by atoms with van der Waals surface area (Å²) in [5.74, 6) is 0.314. The van der Waals surface area contributed by atoms with Gasteiger partial charge in [0.25, 0.3) is 0 Å². The van der Waals surface area contributed by atoms with E-state index in [1.807, 2.05) is 54.6 Å². The predicted octanol–water partition coefficient (Wildman–Crippen LogP) is 6.02. The van der Waals surface area contributed by atoms with Gasteiger partial charge in [0, 0.05) is 18.4 Å². The highest BCUT2D eigenvalue weighted by atomic mass is 32.1. The number of benzene rings is 2. The SMILES string of the molecule is CCCCCCCCCC(=O)N[C@@H](Cc1ccccc1)C(=O)Nc1nnc(-c2cccc(OC)c2)s1. The van der Waals surface area contributed by atoms with Crippen LogP contribution in [0.3, 0.4) is 0 Å². The highest BCUT2D eigenvalue weighted by Crippen LogP contribution is 2.28. The van der Waals surface area contributed by atoms with Gasteiger partial charge in [0.1, 0.15) is 16.8 Å². The lowest BCUT2D eigenvalue weighted by molar-refractivity contribution is -0.126. The molecule has 7 nitrogen and oxygen atoms in total. The largest absolute Gasteiger partial charge is 0.497 e. The minimum Gasteiger partial charge on any atom is -0.497 e. The minimum absolute atomic E-state index is 0.103. The molecule has 0 aliphatic carbocycles. The second-order valence-electron chi connectivity index (χ2n) is 8.81. The fourth-order valence-corrected chi connectivity index (χ4v) is 4.65. The van der Waals surface area contributed by atoms with Crippen molar-refractivity contribution in [2.24, 2.45) is 0 Å². The molecule has 0 aliphatic heterocycles. The zero-order chi connectivity index (χ0) is 25.6. The van der Waals surface area contributed by atoms with Crippen LogP contribution in [0.4, 0.5) is 5.13 Å². The zero-order valence-corrected chi connectivity index (χ0v) is 22.0. The molecule has 0 aliphatic rings. The molecule has 3 rings (SSSR count). The molecule has 192 valence electrons. The van der Waals surface area contributed by atoms with E-state index >= 15 is 0 Å². The normalized spacial score (nSPS) is 11.6. The first kappa shape index (κ1) is 27.3. The zero-order valence-electron chi connectivity index (χ0n) is 21.2. The third-order valence-electron chi connectivity index (χ3n) is 5.91. The lowest BCUT2D eigenvalue weighted by atomic mass is 10.0. The van der Waals surface area contributed by atoms with Gasteiger partial charge in [0.05, 0.1) is 7.11 Å². The van der Waals surface area contributed by atoms with Gasteiger partial charge in [0.2, 0.25) is 16.9 Å². The van der Waals surface area contributed by atoms with Gasteiger partial charge in [-0.15, -0.1) is 10.2 Å². The van der Waals surface area contributed by atoms with Crippen LogP contribution >= 0.6 is 11.3 Å². The van der Waals surface area contributed by atoms with Crippen molar-refractivity contribution >= 4 is 28.3 Å². The number of carbonyl (C=O) groups is 2. The molecule has 36 heavy (non-hydrogen) atoms. The summed E-state index contributed by atoms with van der Waals surface area (Å²) in [5.41, 5.74) is 1.83. The second kappa shape index (κ2) is 15.0. The molecule has 8 heteroatoms. The van der Waals surface area contributed by atoms with Crippen LogP contribution in [0, 0.1) is 0 Å². The van der Waals surface area contributed by atoms with E-state index in [4.69, 9.17) is 4.74 Å². The van der Waals surface area contributed by atoms with E-state index < -0.39 is 6.04 Å². The van der Waals surface area contributed by atoms with Gasteiger partial charge >= 0.3 is 0 Å². The lowest BCUT2D eigenvalue weighted by Gasteiger charge is -2.18. The maximum Gasteiger partial charge on any atom is 0.249 e. The molecule has 0 bridgehead atoms. The number of nitrogens with zero attached hydrogens (tertiary/aromatic N) is 2. The van der Waals surface area contributed by atoms with Crippen LogP contribution in [0.5, 0.6) is 5.75 Å². The number of hydrogen-bond acceptors (Lipinski definition) is 6. The van der Waals surface area contributed by atoms with Gasteiger partial charge in [-0.25, -0.2) is 0 Å². The molecule has 1 heterocycles. The maximum atomic E-state index is 13.2. The summed E-state index contributed by atoms with van der Waals surface area (Å²) in [5, 5.41) is 15.2. The first-order valence-corrected chi connectivity index (χ1v) is 13.5. The number of unbranched alkanes of at least 4 members (excludes halogenated alkanes) is 6. The van der Waals surface area contributed by atoms with Crippen molar-refractivity contribution < 1.29 is 14.3 Å². The fraction of sp³-hybridized carbons (Fsp3) is 0.429. The number of aromatic nitrogens is 2. The van der Waals surface area contributed by atoms with E-state index in [2.05, 4.69) is 27.8 Å². The van der Waals surface area contributed by atoms with E-state index in [0.717, 1.165) is 36.1 Å². The molecule has 2 aromatic carbocycles. The molecule has 0 saturated heterocycles. The topological polar surface area (TPSA) is 93.2 Å². The Balaban J connectivity index is 1.59. The average molecular weight is 509 g/mol. The molecular weight excluding hydrogens is 472 g/mol. The number of nitrogens with one attached hydrogen (secondary N) is 2. The third-order valence-corrected chi connectivity index (χ3v) is 6.80.